The van der Waals surface area contributed by atoms with Gasteiger partial charge in [0.05, 0.1) is 11.9 Å². The molecule has 0 fully saturated rings. The molecule has 1 aromatic carbocycles. The Balaban J connectivity index is 1.83. The van der Waals surface area contributed by atoms with Crippen LogP contribution in [0, 0.1) is 0 Å². The van der Waals surface area contributed by atoms with Gasteiger partial charge in [0.25, 0.3) is 0 Å². The molecule has 0 atom stereocenters. The summed E-state index contributed by atoms with van der Waals surface area (Å²) in [5, 5.41) is 3.21. The van der Waals surface area contributed by atoms with E-state index in [0.29, 0.717) is 19.0 Å². The van der Waals surface area contributed by atoms with Crippen molar-refractivity contribution in [1.82, 2.24) is 15.3 Å². The summed E-state index contributed by atoms with van der Waals surface area (Å²) in [5.74, 6) is 0.554. The SMILES string of the molecule is CCNCc1cncc(OCC=Cc2ccccc2)n1. The van der Waals surface area contributed by atoms with Gasteiger partial charge in [0.15, 0.2) is 0 Å². The molecule has 4 nitrogen and oxygen atoms in total. The van der Waals surface area contributed by atoms with Crippen LogP contribution in [0.15, 0.2) is 48.8 Å². The maximum atomic E-state index is 5.56. The average molecular weight is 269 g/mol. The molecule has 0 aliphatic heterocycles. The predicted octanol–water partition coefficient (Wildman–Crippen LogP) is 2.68. The molecule has 0 unspecified atom stereocenters. The van der Waals surface area contributed by atoms with E-state index in [1.165, 1.54) is 0 Å². The van der Waals surface area contributed by atoms with Crippen molar-refractivity contribution in [3.05, 3.63) is 60.1 Å². The zero-order chi connectivity index (χ0) is 14.0. The molecule has 2 rings (SSSR count). The van der Waals surface area contributed by atoms with Gasteiger partial charge < -0.3 is 10.1 Å². The molecule has 1 heterocycles. The Kier molecular flexibility index (Phi) is 5.73. The van der Waals surface area contributed by atoms with E-state index < -0.39 is 0 Å². The third-order valence-corrected chi connectivity index (χ3v) is 2.66. The first-order valence-corrected chi connectivity index (χ1v) is 6.74. The summed E-state index contributed by atoms with van der Waals surface area (Å²) in [6.07, 6.45) is 7.37. The van der Waals surface area contributed by atoms with E-state index in [1.807, 2.05) is 42.5 Å². The fourth-order valence-electron chi connectivity index (χ4n) is 1.68. The third-order valence-electron chi connectivity index (χ3n) is 2.66. The maximum Gasteiger partial charge on any atom is 0.232 e. The lowest BCUT2D eigenvalue weighted by molar-refractivity contribution is 0.345. The van der Waals surface area contributed by atoms with E-state index in [4.69, 9.17) is 4.74 Å². The minimum absolute atomic E-state index is 0.480. The van der Waals surface area contributed by atoms with Gasteiger partial charge in [-0.1, -0.05) is 43.3 Å². The topological polar surface area (TPSA) is 47.0 Å². The second kappa shape index (κ2) is 8.07. The maximum absolute atomic E-state index is 5.56. The number of hydrogen-bond acceptors (Lipinski definition) is 4. The zero-order valence-corrected chi connectivity index (χ0v) is 11.6. The summed E-state index contributed by atoms with van der Waals surface area (Å²) < 4.78 is 5.56. The normalized spacial score (nSPS) is 10.8. The van der Waals surface area contributed by atoms with E-state index in [9.17, 15) is 0 Å². The molecule has 0 amide bonds. The zero-order valence-electron chi connectivity index (χ0n) is 11.6. The highest BCUT2D eigenvalue weighted by Crippen LogP contribution is 2.06. The molecule has 1 N–H and O–H groups in total. The van der Waals surface area contributed by atoms with Crippen molar-refractivity contribution >= 4 is 6.08 Å². The lowest BCUT2D eigenvalue weighted by Gasteiger charge is -2.04. The van der Waals surface area contributed by atoms with Gasteiger partial charge >= 0.3 is 0 Å². The van der Waals surface area contributed by atoms with Gasteiger partial charge in [0.2, 0.25) is 5.88 Å². The van der Waals surface area contributed by atoms with Gasteiger partial charge in [-0.2, -0.15) is 0 Å². The van der Waals surface area contributed by atoms with Crippen LogP contribution < -0.4 is 10.1 Å². The molecule has 104 valence electrons. The lowest BCUT2D eigenvalue weighted by Crippen LogP contribution is -2.13. The lowest BCUT2D eigenvalue weighted by atomic mass is 10.2. The molecule has 0 aliphatic carbocycles. The molecule has 2 aromatic rings. The predicted molar refractivity (Wildman–Crippen MR) is 80.4 cm³/mol. The Morgan fingerprint density at radius 1 is 1.20 bits per heavy atom. The fourth-order valence-corrected chi connectivity index (χ4v) is 1.68. The summed E-state index contributed by atoms with van der Waals surface area (Å²) in [5.41, 5.74) is 2.04. The van der Waals surface area contributed by atoms with Crippen LogP contribution in [0.25, 0.3) is 6.08 Å². The average Bonchev–Trinajstić information content (AvgIpc) is 2.51. The number of rotatable bonds is 7. The molecule has 0 bridgehead atoms. The van der Waals surface area contributed by atoms with Crippen molar-refractivity contribution in [2.75, 3.05) is 13.2 Å². The number of benzene rings is 1. The molecule has 4 heteroatoms. The van der Waals surface area contributed by atoms with E-state index in [1.54, 1.807) is 12.4 Å². The van der Waals surface area contributed by atoms with Crippen LogP contribution in [0.1, 0.15) is 18.2 Å². The quantitative estimate of drug-likeness (QED) is 0.839. The van der Waals surface area contributed by atoms with E-state index in [2.05, 4.69) is 22.2 Å². The molecule has 0 saturated carbocycles. The number of ether oxygens (including phenoxy) is 1. The Morgan fingerprint density at radius 3 is 2.85 bits per heavy atom. The van der Waals surface area contributed by atoms with Crippen molar-refractivity contribution < 1.29 is 4.74 Å². The third kappa shape index (κ3) is 4.82. The van der Waals surface area contributed by atoms with Crippen LogP contribution in [0.5, 0.6) is 5.88 Å². The second-order valence-corrected chi connectivity index (χ2v) is 4.25. The summed E-state index contributed by atoms with van der Waals surface area (Å²) >= 11 is 0. The first kappa shape index (κ1) is 14.2. The van der Waals surface area contributed by atoms with Gasteiger partial charge in [0, 0.05) is 12.7 Å². The monoisotopic (exact) mass is 269 g/mol. The molecule has 0 radical (unpaired) electrons. The van der Waals surface area contributed by atoms with E-state index in [0.717, 1.165) is 17.8 Å². The molecule has 1 aromatic heterocycles. The summed E-state index contributed by atoms with van der Waals surface area (Å²) in [4.78, 5) is 8.50. The van der Waals surface area contributed by atoms with Crippen molar-refractivity contribution in [3.63, 3.8) is 0 Å². The number of hydrogen-bond donors (Lipinski definition) is 1. The Hall–Kier alpha value is -2.20. The van der Waals surface area contributed by atoms with Crippen LogP contribution in [0.2, 0.25) is 0 Å². The van der Waals surface area contributed by atoms with E-state index in [-0.39, 0.29) is 0 Å². The fraction of sp³-hybridized carbons (Fsp3) is 0.250. The minimum atomic E-state index is 0.480. The Labute approximate surface area is 119 Å². The molecule has 0 saturated heterocycles. The summed E-state index contributed by atoms with van der Waals surface area (Å²) in [6, 6.07) is 10.1. The van der Waals surface area contributed by atoms with Crippen LogP contribution in [-0.2, 0) is 6.54 Å². The largest absolute Gasteiger partial charge is 0.472 e. The van der Waals surface area contributed by atoms with Crippen LogP contribution >= 0.6 is 0 Å². The van der Waals surface area contributed by atoms with Crippen LogP contribution in [-0.4, -0.2) is 23.1 Å². The molecular weight excluding hydrogens is 250 g/mol. The molecule has 0 spiro atoms. The van der Waals surface area contributed by atoms with Gasteiger partial charge in [-0.25, -0.2) is 4.98 Å². The van der Waals surface area contributed by atoms with Crippen LogP contribution in [0.4, 0.5) is 0 Å². The molecule has 20 heavy (non-hydrogen) atoms. The number of nitrogens with one attached hydrogen (secondary N) is 1. The van der Waals surface area contributed by atoms with Gasteiger partial charge in [-0.15, -0.1) is 0 Å². The highest BCUT2D eigenvalue weighted by molar-refractivity contribution is 5.48. The summed E-state index contributed by atoms with van der Waals surface area (Å²) in [6.45, 7) is 4.16. The van der Waals surface area contributed by atoms with Crippen molar-refractivity contribution in [1.29, 1.82) is 0 Å². The number of aromatic nitrogens is 2. The highest BCUT2D eigenvalue weighted by atomic mass is 16.5. The van der Waals surface area contributed by atoms with Crippen molar-refractivity contribution in [2.45, 2.75) is 13.5 Å². The summed E-state index contributed by atoms with van der Waals surface area (Å²) in [7, 11) is 0. The highest BCUT2D eigenvalue weighted by Gasteiger charge is 1.98. The Bertz CT molecular complexity index is 540. The van der Waals surface area contributed by atoms with Gasteiger partial charge in [-0.3, -0.25) is 4.98 Å². The standard InChI is InChI=1S/C16H19N3O/c1-2-17-11-15-12-18-13-16(19-15)20-10-6-9-14-7-4-3-5-8-14/h3-9,12-13,17H,2,10-11H2,1H3. The second-order valence-electron chi connectivity index (χ2n) is 4.25. The number of nitrogens with zero attached hydrogens (tertiary/aromatic N) is 2. The molecular formula is C16H19N3O. The van der Waals surface area contributed by atoms with Crippen molar-refractivity contribution in [2.24, 2.45) is 0 Å². The van der Waals surface area contributed by atoms with Crippen molar-refractivity contribution in [3.8, 4) is 5.88 Å². The van der Waals surface area contributed by atoms with Gasteiger partial charge in [-0.05, 0) is 18.2 Å². The first-order chi connectivity index (χ1) is 9.88. The van der Waals surface area contributed by atoms with E-state index >= 15 is 0 Å². The smallest absolute Gasteiger partial charge is 0.232 e. The molecule has 0 aliphatic rings. The Morgan fingerprint density at radius 2 is 2.05 bits per heavy atom. The first-order valence-electron chi connectivity index (χ1n) is 6.74. The van der Waals surface area contributed by atoms with Crippen LogP contribution in [0.3, 0.4) is 0 Å². The minimum Gasteiger partial charge on any atom is -0.472 e. The van der Waals surface area contributed by atoms with Gasteiger partial charge in [0.1, 0.15) is 6.61 Å².